The zero-order chi connectivity index (χ0) is 17.8. The number of halogens is 1. The van der Waals surface area contributed by atoms with Gasteiger partial charge in [0.25, 0.3) is 5.91 Å². The zero-order valence-corrected chi connectivity index (χ0v) is 15.6. The van der Waals surface area contributed by atoms with Crippen LogP contribution in [0.2, 0.25) is 0 Å². The van der Waals surface area contributed by atoms with Gasteiger partial charge in [0.2, 0.25) is 0 Å². The van der Waals surface area contributed by atoms with Crippen molar-refractivity contribution in [1.82, 2.24) is 10.4 Å². The number of hydrogen-bond acceptors (Lipinski definition) is 3. The van der Waals surface area contributed by atoms with Gasteiger partial charge in [-0.15, -0.1) is 0 Å². The average molecular weight is 400 g/mol. The van der Waals surface area contributed by atoms with E-state index in [1.54, 1.807) is 6.21 Å². The third kappa shape index (κ3) is 4.09. The number of fused-ring (bicyclic) bond motifs is 1. The third-order valence-electron chi connectivity index (χ3n) is 3.79. The number of carbonyl (C=O) groups excluding carboxylic acids is 1. The molecule has 0 fully saturated rings. The predicted molar refractivity (Wildman–Crippen MR) is 103 cm³/mol. The van der Waals surface area contributed by atoms with Crippen molar-refractivity contribution in [2.75, 3.05) is 6.61 Å². The van der Waals surface area contributed by atoms with E-state index in [4.69, 9.17) is 4.74 Å². The highest BCUT2D eigenvalue weighted by Crippen LogP contribution is 2.27. The number of carbonyl (C=O) groups is 1. The van der Waals surface area contributed by atoms with Crippen LogP contribution in [0.1, 0.15) is 16.7 Å². The molecule has 1 aromatic heterocycles. The molecule has 0 aliphatic heterocycles. The molecule has 0 saturated carbocycles. The Labute approximate surface area is 154 Å². The van der Waals surface area contributed by atoms with Gasteiger partial charge >= 0.3 is 0 Å². The molecule has 0 atom stereocenters. The van der Waals surface area contributed by atoms with Gasteiger partial charge < -0.3 is 9.72 Å². The summed E-state index contributed by atoms with van der Waals surface area (Å²) in [5.41, 5.74) is 6.38. The van der Waals surface area contributed by atoms with Crippen molar-refractivity contribution in [3.8, 4) is 5.75 Å². The minimum absolute atomic E-state index is 0.0888. The van der Waals surface area contributed by atoms with E-state index in [1.807, 2.05) is 56.4 Å². The molecule has 1 amide bonds. The molecule has 3 rings (SSSR count). The van der Waals surface area contributed by atoms with Crippen LogP contribution in [0.4, 0.5) is 0 Å². The standard InChI is InChI=1S/C19H18BrN3O2/c1-12-7-15(20)8-13(2)19(12)25-11-18(24)23-22-10-14-9-21-17-6-4-3-5-16(14)17/h3-10,21H,11H2,1-2H3,(H,23,24). The van der Waals surface area contributed by atoms with Gasteiger partial charge in [-0.3, -0.25) is 4.79 Å². The molecule has 0 spiro atoms. The van der Waals surface area contributed by atoms with Gasteiger partial charge in [-0.2, -0.15) is 5.10 Å². The Morgan fingerprint density at radius 3 is 2.76 bits per heavy atom. The minimum Gasteiger partial charge on any atom is -0.483 e. The molecule has 3 aromatic rings. The molecular formula is C19H18BrN3O2. The van der Waals surface area contributed by atoms with Crippen LogP contribution in [0, 0.1) is 13.8 Å². The van der Waals surface area contributed by atoms with Gasteiger partial charge in [0.05, 0.1) is 6.21 Å². The number of nitrogens with zero attached hydrogens (tertiary/aromatic N) is 1. The molecule has 1 heterocycles. The van der Waals surface area contributed by atoms with Crippen LogP contribution in [-0.4, -0.2) is 23.7 Å². The fourth-order valence-electron chi connectivity index (χ4n) is 2.67. The summed E-state index contributed by atoms with van der Waals surface area (Å²) in [5, 5.41) is 5.06. The maximum absolute atomic E-state index is 11.9. The lowest BCUT2D eigenvalue weighted by Crippen LogP contribution is -2.25. The highest BCUT2D eigenvalue weighted by molar-refractivity contribution is 9.10. The van der Waals surface area contributed by atoms with E-state index < -0.39 is 0 Å². The van der Waals surface area contributed by atoms with E-state index in [9.17, 15) is 4.79 Å². The molecule has 25 heavy (non-hydrogen) atoms. The molecule has 0 bridgehead atoms. The maximum atomic E-state index is 11.9. The predicted octanol–water partition coefficient (Wildman–Crippen LogP) is 4.08. The fraction of sp³-hybridized carbons (Fsp3) is 0.158. The molecule has 0 unspecified atom stereocenters. The number of hydrogen-bond donors (Lipinski definition) is 2. The van der Waals surface area contributed by atoms with Gasteiger partial charge in [0.15, 0.2) is 6.61 Å². The molecule has 5 nitrogen and oxygen atoms in total. The van der Waals surface area contributed by atoms with Crippen molar-refractivity contribution in [3.63, 3.8) is 0 Å². The zero-order valence-electron chi connectivity index (χ0n) is 14.0. The first kappa shape index (κ1) is 17.2. The number of aryl methyl sites for hydroxylation is 2. The Morgan fingerprint density at radius 2 is 2.00 bits per heavy atom. The van der Waals surface area contributed by atoms with Crippen molar-refractivity contribution in [1.29, 1.82) is 0 Å². The summed E-state index contributed by atoms with van der Waals surface area (Å²) in [6.07, 6.45) is 3.47. The summed E-state index contributed by atoms with van der Waals surface area (Å²) >= 11 is 3.44. The lowest BCUT2D eigenvalue weighted by atomic mass is 10.1. The number of aromatic nitrogens is 1. The Hall–Kier alpha value is -2.60. The molecular weight excluding hydrogens is 382 g/mol. The summed E-state index contributed by atoms with van der Waals surface area (Å²) in [6, 6.07) is 11.8. The SMILES string of the molecule is Cc1cc(Br)cc(C)c1OCC(=O)NN=Cc1c[nH]c2ccccc12. The molecule has 2 aromatic carbocycles. The molecule has 6 heteroatoms. The molecule has 128 valence electrons. The average Bonchev–Trinajstić information content (AvgIpc) is 2.97. The first-order chi connectivity index (χ1) is 12.0. The van der Waals surface area contributed by atoms with Crippen LogP contribution in [0.3, 0.4) is 0 Å². The van der Waals surface area contributed by atoms with Crippen molar-refractivity contribution in [3.05, 3.63) is 63.8 Å². The minimum atomic E-state index is -0.308. The second-order valence-corrected chi connectivity index (χ2v) is 6.66. The third-order valence-corrected chi connectivity index (χ3v) is 4.24. The number of benzene rings is 2. The van der Waals surface area contributed by atoms with Gasteiger partial charge in [-0.1, -0.05) is 34.1 Å². The number of rotatable bonds is 5. The normalized spacial score (nSPS) is 11.2. The maximum Gasteiger partial charge on any atom is 0.277 e. The van der Waals surface area contributed by atoms with Crippen LogP contribution in [0.5, 0.6) is 5.75 Å². The number of para-hydroxylation sites is 1. The summed E-state index contributed by atoms with van der Waals surface area (Å²) in [4.78, 5) is 15.1. The van der Waals surface area contributed by atoms with Crippen LogP contribution in [-0.2, 0) is 4.79 Å². The smallest absolute Gasteiger partial charge is 0.277 e. The van der Waals surface area contributed by atoms with Crippen molar-refractivity contribution in [2.45, 2.75) is 13.8 Å². The Kier molecular flexibility index (Phi) is 5.19. The number of amides is 1. The highest BCUT2D eigenvalue weighted by Gasteiger charge is 2.08. The Balaban J connectivity index is 1.58. The van der Waals surface area contributed by atoms with E-state index in [-0.39, 0.29) is 12.5 Å². The monoisotopic (exact) mass is 399 g/mol. The van der Waals surface area contributed by atoms with Crippen LogP contribution >= 0.6 is 15.9 Å². The second-order valence-electron chi connectivity index (χ2n) is 5.74. The highest BCUT2D eigenvalue weighted by atomic mass is 79.9. The van der Waals surface area contributed by atoms with Crippen LogP contribution in [0.25, 0.3) is 10.9 Å². The topological polar surface area (TPSA) is 66.5 Å². The molecule has 0 aliphatic carbocycles. The summed E-state index contributed by atoms with van der Waals surface area (Å²) < 4.78 is 6.62. The molecule has 0 radical (unpaired) electrons. The van der Waals surface area contributed by atoms with E-state index in [0.717, 1.165) is 37.8 Å². The number of aromatic amines is 1. The van der Waals surface area contributed by atoms with Gasteiger partial charge in [0, 0.05) is 27.1 Å². The van der Waals surface area contributed by atoms with Crippen LogP contribution < -0.4 is 10.2 Å². The fourth-order valence-corrected chi connectivity index (χ4v) is 3.36. The quantitative estimate of drug-likeness (QED) is 0.501. The van der Waals surface area contributed by atoms with Crippen LogP contribution in [0.15, 0.2) is 52.2 Å². The van der Waals surface area contributed by atoms with Gasteiger partial charge in [0.1, 0.15) is 5.75 Å². The van der Waals surface area contributed by atoms with Gasteiger partial charge in [-0.05, 0) is 43.2 Å². The van der Waals surface area contributed by atoms with Crippen molar-refractivity contribution in [2.24, 2.45) is 5.10 Å². The summed E-state index contributed by atoms with van der Waals surface area (Å²) in [5.74, 6) is 0.414. The number of nitrogens with one attached hydrogen (secondary N) is 2. The first-order valence-corrected chi connectivity index (χ1v) is 8.61. The van der Waals surface area contributed by atoms with Crippen molar-refractivity contribution < 1.29 is 9.53 Å². The van der Waals surface area contributed by atoms with E-state index >= 15 is 0 Å². The second kappa shape index (κ2) is 7.53. The summed E-state index contributed by atoms with van der Waals surface area (Å²) in [6.45, 7) is 3.80. The number of H-pyrrole nitrogens is 1. The van der Waals surface area contributed by atoms with E-state index in [0.29, 0.717) is 0 Å². The summed E-state index contributed by atoms with van der Waals surface area (Å²) in [7, 11) is 0. The number of ether oxygens (including phenoxy) is 1. The lowest BCUT2D eigenvalue weighted by molar-refractivity contribution is -0.123. The molecule has 0 aliphatic rings. The van der Waals surface area contributed by atoms with E-state index in [2.05, 4.69) is 31.4 Å². The Morgan fingerprint density at radius 1 is 1.28 bits per heavy atom. The van der Waals surface area contributed by atoms with Crippen molar-refractivity contribution >= 4 is 39.0 Å². The van der Waals surface area contributed by atoms with E-state index in [1.165, 1.54) is 0 Å². The Bertz CT molecular complexity index is 924. The van der Waals surface area contributed by atoms with Gasteiger partial charge in [-0.25, -0.2) is 5.43 Å². The molecule has 2 N–H and O–H groups in total. The largest absolute Gasteiger partial charge is 0.483 e. The first-order valence-electron chi connectivity index (χ1n) is 7.82. The lowest BCUT2D eigenvalue weighted by Gasteiger charge is -2.11. The number of hydrazone groups is 1. The molecule has 0 saturated heterocycles.